The number of carbonyl (C=O) groups excluding carboxylic acids is 1. The number of amides is 1. The van der Waals surface area contributed by atoms with Crippen LogP contribution in [0.1, 0.15) is 52.9 Å². The van der Waals surface area contributed by atoms with E-state index in [2.05, 4.69) is 10.0 Å². The van der Waals surface area contributed by atoms with Crippen molar-refractivity contribution in [2.24, 2.45) is 0 Å². The van der Waals surface area contributed by atoms with Gasteiger partial charge in [0, 0.05) is 17.8 Å². The fourth-order valence-corrected chi connectivity index (χ4v) is 3.89. The van der Waals surface area contributed by atoms with Gasteiger partial charge in [0.05, 0.1) is 11.8 Å². The molecule has 0 spiro atoms. The number of fused-ring (bicyclic) bond motifs is 1. The highest BCUT2D eigenvalue weighted by Crippen LogP contribution is 2.31. The third-order valence-electron chi connectivity index (χ3n) is 4.88. The maximum absolute atomic E-state index is 12.6. The lowest BCUT2D eigenvalue weighted by Gasteiger charge is -2.26. The van der Waals surface area contributed by atoms with Crippen molar-refractivity contribution in [3.8, 4) is 0 Å². The van der Waals surface area contributed by atoms with Gasteiger partial charge in [0.15, 0.2) is 0 Å². The minimum Gasteiger partial charge on any atom is -0.399 e. The van der Waals surface area contributed by atoms with Crippen molar-refractivity contribution in [3.63, 3.8) is 0 Å². The van der Waals surface area contributed by atoms with Gasteiger partial charge in [0.1, 0.15) is 0 Å². The Hall–Kier alpha value is -2.09. The fraction of sp³-hybridized carbons (Fsp3) is 0.350. The first-order valence-electron chi connectivity index (χ1n) is 9.13. The van der Waals surface area contributed by atoms with Crippen LogP contribution in [0.5, 0.6) is 0 Å². The van der Waals surface area contributed by atoms with E-state index in [1.54, 1.807) is 31.2 Å². The maximum atomic E-state index is 12.6. The van der Waals surface area contributed by atoms with Gasteiger partial charge in [-0.05, 0) is 67.1 Å². The summed E-state index contributed by atoms with van der Waals surface area (Å²) < 4.78 is 25.5. The zero-order valence-corrected chi connectivity index (χ0v) is 17.4. The number of carbonyl (C=O) groups is 1. The average molecular weight is 424 g/mol. The molecule has 1 amide bonds. The van der Waals surface area contributed by atoms with Crippen molar-refractivity contribution in [2.75, 3.05) is 11.5 Å². The molecule has 0 saturated heterocycles. The normalized spacial score (nSPS) is 16.0. The summed E-state index contributed by atoms with van der Waals surface area (Å²) in [6, 6.07) is 12.8. The number of sulfonamides is 1. The Balaban J connectivity index is 0.00000280. The first-order valence-corrected chi connectivity index (χ1v) is 10.8. The highest BCUT2D eigenvalue weighted by molar-refractivity contribution is 7.89. The van der Waals surface area contributed by atoms with Gasteiger partial charge in [-0.15, -0.1) is 12.4 Å². The van der Waals surface area contributed by atoms with E-state index in [9.17, 15) is 13.2 Å². The van der Waals surface area contributed by atoms with Gasteiger partial charge in [-0.1, -0.05) is 18.2 Å². The number of anilines is 1. The molecular formula is C20H26ClN3O3S. The molecule has 0 radical (unpaired) electrons. The Morgan fingerprint density at radius 1 is 1.18 bits per heavy atom. The number of benzene rings is 2. The Bertz CT molecular complexity index is 930. The summed E-state index contributed by atoms with van der Waals surface area (Å²) in [4.78, 5) is 12.6. The molecule has 0 fully saturated rings. The molecule has 0 aliphatic heterocycles. The highest BCUT2D eigenvalue weighted by atomic mass is 35.5. The topological polar surface area (TPSA) is 101 Å². The number of hydrogen-bond donors (Lipinski definition) is 3. The summed E-state index contributed by atoms with van der Waals surface area (Å²) in [7, 11) is -3.23. The van der Waals surface area contributed by atoms with Gasteiger partial charge in [-0.25, -0.2) is 13.1 Å². The Morgan fingerprint density at radius 3 is 2.57 bits per heavy atom. The third-order valence-corrected chi connectivity index (χ3v) is 6.22. The van der Waals surface area contributed by atoms with E-state index >= 15 is 0 Å². The quantitative estimate of drug-likeness (QED) is 0.621. The zero-order valence-electron chi connectivity index (χ0n) is 15.8. The predicted octanol–water partition coefficient (Wildman–Crippen LogP) is 2.94. The van der Waals surface area contributed by atoms with Crippen LogP contribution in [-0.4, -0.2) is 20.1 Å². The van der Waals surface area contributed by atoms with Crippen molar-refractivity contribution in [1.29, 1.82) is 0 Å². The van der Waals surface area contributed by atoms with E-state index in [1.807, 2.05) is 18.2 Å². The summed E-state index contributed by atoms with van der Waals surface area (Å²) in [5.41, 5.74) is 10.3. The summed E-state index contributed by atoms with van der Waals surface area (Å²) >= 11 is 0. The minimum absolute atomic E-state index is 0. The second kappa shape index (κ2) is 9.41. The van der Waals surface area contributed by atoms with E-state index in [0.717, 1.165) is 36.1 Å². The van der Waals surface area contributed by atoms with Crippen LogP contribution in [0.2, 0.25) is 0 Å². The van der Waals surface area contributed by atoms with E-state index in [-0.39, 0.29) is 36.7 Å². The minimum atomic E-state index is -3.23. The number of rotatable bonds is 6. The van der Waals surface area contributed by atoms with Crippen molar-refractivity contribution in [2.45, 2.75) is 38.8 Å². The van der Waals surface area contributed by atoms with Gasteiger partial charge in [-0.2, -0.15) is 0 Å². The van der Waals surface area contributed by atoms with Gasteiger partial charge in [0.2, 0.25) is 10.0 Å². The van der Waals surface area contributed by atoms with Crippen LogP contribution in [0, 0.1) is 0 Å². The number of aryl methyl sites for hydroxylation is 1. The van der Waals surface area contributed by atoms with E-state index in [4.69, 9.17) is 5.73 Å². The van der Waals surface area contributed by atoms with Crippen LogP contribution < -0.4 is 15.8 Å². The second-order valence-corrected chi connectivity index (χ2v) is 8.89. The first-order chi connectivity index (χ1) is 12.9. The summed E-state index contributed by atoms with van der Waals surface area (Å²) in [5.74, 6) is -0.0903. The number of nitrogens with two attached hydrogens (primary N) is 1. The lowest BCUT2D eigenvalue weighted by Crippen LogP contribution is -2.31. The van der Waals surface area contributed by atoms with Crippen molar-refractivity contribution >= 4 is 34.0 Å². The molecule has 1 aliphatic rings. The number of halogens is 1. The van der Waals surface area contributed by atoms with Gasteiger partial charge >= 0.3 is 0 Å². The first kappa shape index (κ1) is 22.2. The molecule has 0 aromatic heterocycles. The zero-order chi connectivity index (χ0) is 19.4. The van der Waals surface area contributed by atoms with Crippen LogP contribution in [0.15, 0.2) is 42.5 Å². The molecule has 3 rings (SSSR count). The number of nitrogen functional groups attached to an aromatic ring is 1. The Morgan fingerprint density at radius 2 is 1.89 bits per heavy atom. The standard InChI is InChI=1S/C20H25N3O3S.ClH/c1-2-27(25,26)22-13-14-6-8-15(9-7-14)20(24)23-19-5-3-4-16-12-17(21)10-11-18(16)19;/h6-12,19,22H,2-5,13,21H2,1H3,(H,23,24);1H. The third kappa shape index (κ3) is 5.47. The average Bonchev–Trinajstić information content (AvgIpc) is 2.67. The summed E-state index contributed by atoms with van der Waals surface area (Å²) in [5, 5.41) is 3.10. The smallest absolute Gasteiger partial charge is 0.251 e. The van der Waals surface area contributed by atoms with Crippen LogP contribution in [-0.2, 0) is 23.0 Å². The van der Waals surface area contributed by atoms with E-state index in [0.29, 0.717) is 5.56 Å². The molecule has 2 aromatic rings. The lowest BCUT2D eigenvalue weighted by atomic mass is 9.87. The second-order valence-electron chi connectivity index (χ2n) is 6.80. The maximum Gasteiger partial charge on any atom is 0.251 e. The van der Waals surface area contributed by atoms with E-state index in [1.165, 1.54) is 5.56 Å². The van der Waals surface area contributed by atoms with Crippen LogP contribution in [0.4, 0.5) is 5.69 Å². The molecule has 28 heavy (non-hydrogen) atoms. The summed E-state index contributed by atoms with van der Waals surface area (Å²) in [6.07, 6.45) is 2.90. The molecule has 1 aliphatic carbocycles. The van der Waals surface area contributed by atoms with E-state index < -0.39 is 10.0 Å². The van der Waals surface area contributed by atoms with Crippen LogP contribution in [0.25, 0.3) is 0 Å². The highest BCUT2D eigenvalue weighted by Gasteiger charge is 2.22. The molecule has 0 heterocycles. The monoisotopic (exact) mass is 423 g/mol. The molecule has 152 valence electrons. The van der Waals surface area contributed by atoms with Crippen molar-refractivity contribution in [1.82, 2.24) is 10.0 Å². The fourth-order valence-electron chi connectivity index (χ4n) is 3.30. The largest absolute Gasteiger partial charge is 0.399 e. The molecule has 6 nitrogen and oxygen atoms in total. The van der Waals surface area contributed by atoms with Crippen LogP contribution in [0.3, 0.4) is 0 Å². The number of nitrogens with one attached hydrogen (secondary N) is 2. The van der Waals surface area contributed by atoms with Gasteiger partial charge < -0.3 is 11.1 Å². The van der Waals surface area contributed by atoms with Crippen molar-refractivity contribution in [3.05, 3.63) is 64.7 Å². The molecular weight excluding hydrogens is 398 g/mol. The Kier molecular flexibility index (Phi) is 7.46. The Labute approximate surface area is 172 Å². The SMILES string of the molecule is CCS(=O)(=O)NCc1ccc(C(=O)NC2CCCc3cc(N)ccc32)cc1.Cl. The van der Waals surface area contributed by atoms with Gasteiger partial charge in [-0.3, -0.25) is 4.79 Å². The lowest BCUT2D eigenvalue weighted by molar-refractivity contribution is 0.0932. The molecule has 2 aromatic carbocycles. The molecule has 4 N–H and O–H groups in total. The predicted molar refractivity (Wildman–Crippen MR) is 114 cm³/mol. The number of hydrogen-bond acceptors (Lipinski definition) is 4. The molecule has 1 unspecified atom stereocenters. The van der Waals surface area contributed by atoms with Crippen molar-refractivity contribution < 1.29 is 13.2 Å². The molecule has 0 saturated carbocycles. The molecule has 1 atom stereocenters. The molecule has 0 bridgehead atoms. The van der Waals surface area contributed by atoms with Crippen LogP contribution >= 0.6 is 12.4 Å². The summed E-state index contributed by atoms with van der Waals surface area (Å²) in [6.45, 7) is 1.81. The van der Waals surface area contributed by atoms with Gasteiger partial charge in [0.25, 0.3) is 5.91 Å². The molecule has 8 heteroatoms.